The van der Waals surface area contributed by atoms with Crippen molar-refractivity contribution in [3.8, 4) is 0 Å². The van der Waals surface area contributed by atoms with Crippen LogP contribution in [0.5, 0.6) is 0 Å². The third kappa shape index (κ3) is 71.4. The Morgan fingerprint density at radius 1 is 0.286 bits per heavy atom. The van der Waals surface area contributed by atoms with E-state index in [9.17, 15) is 43.2 Å². The summed E-state index contributed by atoms with van der Waals surface area (Å²) in [5, 5.41) is 10.6. The van der Waals surface area contributed by atoms with E-state index in [1.165, 1.54) is 154 Å². The number of ether oxygens (including phenoxy) is 4. The molecule has 0 spiro atoms. The fraction of sp³-hybridized carbons (Fsp3) is 0.848. The van der Waals surface area contributed by atoms with Gasteiger partial charge in [0.05, 0.1) is 26.4 Å². The van der Waals surface area contributed by atoms with E-state index in [4.69, 9.17) is 37.0 Å². The van der Waals surface area contributed by atoms with Gasteiger partial charge in [0.1, 0.15) is 19.3 Å². The Labute approximate surface area is 597 Å². The first-order valence-electron chi connectivity index (χ1n) is 39.9. The van der Waals surface area contributed by atoms with Crippen LogP contribution in [-0.2, 0) is 65.4 Å². The molecule has 0 aromatic carbocycles. The number of phosphoric ester groups is 2. The molecule has 0 rings (SSSR count). The maximum absolute atomic E-state index is 13.1. The number of phosphoric acid groups is 2. The number of allylic oxidation sites excluding steroid dienone is 8. The quantitative estimate of drug-likeness (QED) is 0.0169. The highest BCUT2D eigenvalue weighted by molar-refractivity contribution is 7.47. The first kappa shape index (κ1) is 95.0. The number of rotatable bonds is 76. The molecule has 0 aliphatic heterocycles. The van der Waals surface area contributed by atoms with Crippen molar-refractivity contribution in [1.29, 1.82) is 0 Å². The highest BCUT2D eigenvalue weighted by Crippen LogP contribution is 2.45. The van der Waals surface area contributed by atoms with E-state index in [-0.39, 0.29) is 25.7 Å². The van der Waals surface area contributed by atoms with E-state index in [1.54, 1.807) is 0 Å². The molecule has 0 aliphatic rings. The largest absolute Gasteiger partial charge is 0.472 e. The lowest BCUT2D eigenvalue weighted by molar-refractivity contribution is -0.161. The van der Waals surface area contributed by atoms with Crippen molar-refractivity contribution < 1.29 is 80.2 Å². The Bertz CT molecular complexity index is 2050. The lowest BCUT2D eigenvalue weighted by Gasteiger charge is -2.21. The molecule has 2 unspecified atom stereocenters. The molecule has 0 aromatic rings. The minimum absolute atomic E-state index is 0.0821. The fourth-order valence-corrected chi connectivity index (χ4v) is 12.7. The second kappa shape index (κ2) is 72.4. The molecule has 3 N–H and O–H groups in total. The molecule has 0 aliphatic carbocycles. The average Bonchev–Trinajstić information content (AvgIpc) is 1.04. The molecular weight excluding hydrogens is 1280 g/mol. The SMILES string of the molecule is CCCCC/C=C\C/C=C\CCCCCCCC(=O)O[C@H](COC(=O)CCCCCCC/C=C\CCCCCCCC)COP(=O)(O)OC[C@H](O)COP(=O)(O)OC[C@@H](COC(=O)CCCCCCCCCCCCCCC)OC(=O)CCCCCCC/C=C\CCCCCCCC. The molecule has 5 atom stereocenters. The van der Waals surface area contributed by atoms with Crippen molar-refractivity contribution in [2.45, 2.75) is 393 Å². The number of carbonyl (C=O) groups is 4. The molecule has 0 heterocycles. The van der Waals surface area contributed by atoms with Gasteiger partial charge in [0, 0.05) is 25.7 Å². The molecule has 0 saturated carbocycles. The summed E-state index contributed by atoms with van der Waals surface area (Å²) in [6.07, 6.45) is 69.4. The Hall–Kier alpha value is -2.98. The van der Waals surface area contributed by atoms with Gasteiger partial charge < -0.3 is 33.8 Å². The fourth-order valence-electron chi connectivity index (χ4n) is 11.1. The van der Waals surface area contributed by atoms with E-state index in [2.05, 4.69) is 76.3 Å². The van der Waals surface area contributed by atoms with Crippen molar-refractivity contribution >= 4 is 39.5 Å². The van der Waals surface area contributed by atoms with Gasteiger partial charge in [-0.2, -0.15) is 0 Å². The summed E-state index contributed by atoms with van der Waals surface area (Å²) in [5.74, 6) is -2.17. The third-order valence-electron chi connectivity index (χ3n) is 17.3. The van der Waals surface area contributed by atoms with Crippen molar-refractivity contribution in [3.05, 3.63) is 48.6 Å². The summed E-state index contributed by atoms with van der Waals surface area (Å²) in [4.78, 5) is 72.9. The first-order chi connectivity index (χ1) is 47.7. The molecule has 0 amide bonds. The molecule has 98 heavy (non-hydrogen) atoms. The summed E-state index contributed by atoms with van der Waals surface area (Å²) in [5.41, 5.74) is 0. The second-order valence-electron chi connectivity index (χ2n) is 27.0. The van der Waals surface area contributed by atoms with Crippen LogP contribution in [0.4, 0.5) is 0 Å². The van der Waals surface area contributed by atoms with Gasteiger partial charge in [0.25, 0.3) is 0 Å². The molecule has 0 bridgehead atoms. The van der Waals surface area contributed by atoms with E-state index in [0.29, 0.717) is 25.7 Å². The lowest BCUT2D eigenvalue weighted by Crippen LogP contribution is -2.30. The van der Waals surface area contributed by atoms with Gasteiger partial charge in [-0.25, -0.2) is 9.13 Å². The standard InChI is InChI=1S/C79H146O17P2/c1-5-9-13-17-21-25-29-33-36-40-44-48-52-56-60-64-77(82)90-70-75(96-79(84)66-62-58-54-50-46-42-38-35-31-27-23-19-15-11-7-3)72-94-98(87,88)92-68-73(80)67-91-97(85,86)93-71-74(69-89-76(81)63-59-55-51-47-43-39-32-28-24-20-16-12-8-4)95-78(83)65-61-57-53-49-45-41-37-34-30-26-22-18-14-10-6-2/h23,27,33-38,73-75,80H,5-22,24-26,28-32,39-72H2,1-4H3,(H,85,86)(H,87,88)/b27-23-,36-33-,37-34-,38-35-/t73-,74-,75-/m1/s1. The van der Waals surface area contributed by atoms with E-state index in [1.807, 2.05) is 0 Å². The van der Waals surface area contributed by atoms with Gasteiger partial charge in [-0.3, -0.25) is 37.3 Å². The van der Waals surface area contributed by atoms with Gasteiger partial charge in [0.15, 0.2) is 12.2 Å². The maximum atomic E-state index is 13.1. The van der Waals surface area contributed by atoms with Gasteiger partial charge in [-0.05, 0) is 109 Å². The predicted octanol–water partition coefficient (Wildman–Crippen LogP) is 22.9. The van der Waals surface area contributed by atoms with Crippen LogP contribution in [0.1, 0.15) is 374 Å². The van der Waals surface area contributed by atoms with Crippen molar-refractivity contribution in [3.63, 3.8) is 0 Å². The Morgan fingerprint density at radius 3 is 0.786 bits per heavy atom. The van der Waals surface area contributed by atoms with Crippen LogP contribution < -0.4 is 0 Å². The Balaban J connectivity index is 5.34. The predicted molar refractivity (Wildman–Crippen MR) is 400 cm³/mol. The minimum atomic E-state index is -4.97. The van der Waals surface area contributed by atoms with Crippen molar-refractivity contribution in [2.75, 3.05) is 39.6 Å². The number of hydrogen-bond donors (Lipinski definition) is 3. The van der Waals surface area contributed by atoms with Crippen LogP contribution in [0.2, 0.25) is 0 Å². The second-order valence-corrected chi connectivity index (χ2v) is 29.9. The lowest BCUT2D eigenvalue weighted by atomic mass is 10.0. The van der Waals surface area contributed by atoms with Gasteiger partial charge >= 0.3 is 39.5 Å². The van der Waals surface area contributed by atoms with Crippen LogP contribution in [-0.4, -0.2) is 96.7 Å². The zero-order valence-corrected chi connectivity index (χ0v) is 64.5. The smallest absolute Gasteiger partial charge is 0.462 e. The van der Waals surface area contributed by atoms with E-state index >= 15 is 0 Å². The maximum Gasteiger partial charge on any atom is 0.472 e. The van der Waals surface area contributed by atoms with Crippen LogP contribution in [0.3, 0.4) is 0 Å². The normalized spacial score (nSPS) is 14.2. The molecule has 574 valence electrons. The van der Waals surface area contributed by atoms with Crippen molar-refractivity contribution in [1.82, 2.24) is 0 Å². The van der Waals surface area contributed by atoms with E-state index in [0.717, 1.165) is 141 Å². The summed E-state index contributed by atoms with van der Waals surface area (Å²) in [6, 6.07) is 0. The van der Waals surface area contributed by atoms with Crippen LogP contribution >= 0.6 is 15.6 Å². The van der Waals surface area contributed by atoms with Gasteiger partial charge in [0.2, 0.25) is 0 Å². The van der Waals surface area contributed by atoms with Crippen LogP contribution in [0.15, 0.2) is 48.6 Å². The minimum Gasteiger partial charge on any atom is -0.462 e. The molecule has 0 fully saturated rings. The summed E-state index contributed by atoms with van der Waals surface area (Å²) < 4.78 is 68.6. The summed E-state index contributed by atoms with van der Waals surface area (Å²) in [6.45, 7) is 4.88. The van der Waals surface area contributed by atoms with Crippen LogP contribution in [0.25, 0.3) is 0 Å². The molecule has 0 aromatic heterocycles. The zero-order valence-electron chi connectivity index (χ0n) is 62.7. The zero-order chi connectivity index (χ0) is 71.8. The molecule has 0 radical (unpaired) electrons. The van der Waals surface area contributed by atoms with Crippen LogP contribution in [0, 0.1) is 0 Å². The average molecular weight is 1430 g/mol. The Kier molecular flexibility index (Phi) is 70.2. The summed E-state index contributed by atoms with van der Waals surface area (Å²) in [7, 11) is -9.94. The number of carbonyl (C=O) groups excluding carboxylic acids is 4. The topological polar surface area (TPSA) is 237 Å². The van der Waals surface area contributed by atoms with Gasteiger partial charge in [-0.1, -0.05) is 288 Å². The molecular formula is C79H146O17P2. The number of aliphatic hydroxyl groups excluding tert-OH is 1. The monoisotopic (exact) mass is 1430 g/mol. The third-order valence-corrected chi connectivity index (χ3v) is 19.2. The first-order valence-corrected chi connectivity index (χ1v) is 42.9. The summed E-state index contributed by atoms with van der Waals surface area (Å²) >= 11 is 0. The molecule has 0 saturated heterocycles. The number of unbranched alkanes of at least 4 members (excludes halogenated alkanes) is 42. The molecule has 19 heteroatoms. The number of aliphatic hydroxyl groups is 1. The number of hydrogen-bond acceptors (Lipinski definition) is 15. The van der Waals surface area contributed by atoms with Crippen molar-refractivity contribution in [2.24, 2.45) is 0 Å². The Morgan fingerprint density at radius 2 is 0.500 bits per heavy atom. The molecule has 17 nitrogen and oxygen atoms in total. The number of esters is 4. The highest BCUT2D eigenvalue weighted by Gasteiger charge is 2.30. The van der Waals surface area contributed by atoms with E-state index < -0.39 is 97.5 Å². The van der Waals surface area contributed by atoms with Gasteiger partial charge in [-0.15, -0.1) is 0 Å². The highest BCUT2D eigenvalue weighted by atomic mass is 31.2.